The highest BCUT2D eigenvalue weighted by atomic mass is 19.4. The van der Waals surface area contributed by atoms with E-state index in [1.165, 1.54) is 6.07 Å². The number of carbonyl (C=O) groups excluding carboxylic acids is 1. The standard InChI is InChI=1S/C27H24F5N3O4/c1-15-2-3-18(34-24(37)16-4-6-33-22(10-16)27(30,31)32)13-19(15)17-11-21(35-23(12-17)39-9-7-36)25-5-8-38-14-20(25)26(25,28)29/h2-4,6,10-13,20,36H,5,7-9,14H2,1H3,(H,34,37)/t20-,25+/m0/s1. The van der Waals surface area contributed by atoms with Crippen LogP contribution < -0.4 is 10.1 Å². The van der Waals surface area contributed by atoms with Crippen LogP contribution in [0.1, 0.15) is 33.7 Å². The van der Waals surface area contributed by atoms with E-state index in [4.69, 9.17) is 9.47 Å². The molecule has 3 aromatic rings. The van der Waals surface area contributed by atoms with Crippen molar-refractivity contribution in [2.24, 2.45) is 5.92 Å². The first kappa shape index (κ1) is 26.9. The number of aryl methyl sites for hydroxylation is 1. The van der Waals surface area contributed by atoms with Crippen LogP contribution in [-0.4, -0.2) is 53.3 Å². The van der Waals surface area contributed by atoms with Crippen molar-refractivity contribution < 1.29 is 41.3 Å². The summed E-state index contributed by atoms with van der Waals surface area (Å²) in [6, 6.07) is 9.81. The summed E-state index contributed by atoms with van der Waals surface area (Å²) in [4.78, 5) is 20.3. The lowest BCUT2D eigenvalue weighted by Gasteiger charge is -2.22. The molecule has 2 aliphatic rings. The molecule has 5 rings (SSSR count). The highest BCUT2D eigenvalue weighted by Crippen LogP contribution is 2.69. The molecule has 39 heavy (non-hydrogen) atoms. The molecule has 0 unspecified atom stereocenters. The van der Waals surface area contributed by atoms with Crippen LogP contribution >= 0.6 is 0 Å². The minimum absolute atomic E-state index is 0.0594. The van der Waals surface area contributed by atoms with Gasteiger partial charge >= 0.3 is 6.18 Å². The lowest BCUT2D eigenvalue weighted by molar-refractivity contribution is -0.141. The number of benzene rings is 1. The van der Waals surface area contributed by atoms with Crippen molar-refractivity contribution in [1.82, 2.24) is 9.97 Å². The van der Waals surface area contributed by atoms with E-state index in [1.807, 2.05) is 0 Å². The third-order valence-electron chi connectivity index (χ3n) is 7.19. The number of hydrogen-bond acceptors (Lipinski definition) is 6. The number of halogens is 5. The summed E-state index contributed by atoms with van der Waals surface area (Å²) < 4.78 is 79.8. The number of carbonyl (C=O) groups is 1. The molecule has 1 saturated heterocycles. The Morgan fingerprint density at radius 1 is 1.21 bits per heavy atom. The van der Waals surface area contributed by atoms with E-state index < -0.39 is 35.0 Å². The molecule has 1 aliphatic carbocycles. The predicted molar refractivity (Wildman–Crippen MR) is 130 cm³/mol. The Hall–Kier alpha value is -3.64. The van der Waals surface area contributed by atoms with E-state index in [9.17, 15) is 31.9 Å². The van der Waals surface area contributed by atoms with E-state index in [2.05, 4.69) is 15.3 Å². The van der Waals surface area contributed by atoms with Gasteiger partial charge in [-0.2, -0.15) is 13.2 Å². The average Bonchev–Trinajstić information content (AvgIpc) is 3.44. The summed E-state index contributed by atoms with van der Waals surface area (Å²) in [5.74, 6) is -4.74. The number of nitrogens with one attached hydrogen (secondary N) is 1. The Morgan fingerprint density at radius 2 is 2.00 bits per heavy atom. The van der Waals surface area contributed by atoms with Crippen LogP contribution in [0.5, 0.6) is 5.88 Å². The number of amides is 1. The summed E-state index contributed by atoms with van der Waals surface area (Å²) in [6.07, 6.45) is -3.72. The number of rotatable bonds is 7. The number of pyridine rings is 2. The second-order valence-electron chi connectivity index (χ2n) is 9.53. The predicted octanol–water partition coefficient (Wildman–Crippen LogP) is 5.02. The molecule has 1 saturated carbocycles. The van der Waals surface area contributed by atoms with Gasteiger partial charge in [-0.3, -0.25) is 9.78 Å². The molecule has 12 heteroatoms. The summed E-state index contributed by atoms with van der Waals surface area (Å²) in [6.45, 7) is 1.47. The summed E-state index contributed by atoms with van der Waals surface area (Å²) >= 11 is 0. The Balaban J connectivity index is 1.50. The van der Waals surface area contributed by atoms with Gasteiger partial charge in [-0.25, -0.2) is 13.8 Å². The summed E-state index contributed by atoms with van der Waals surface area (Å²) in [5.41, 5.74) is -0.682. The molecule has 3 heterocycles. The van der Waals surface area contributed by atoms with Crippen molar-refractivity contribution in [2.75, 3.05) is 31.7 Å². The monoisotopic (exact) mass is 549 g/mol. The molecule has 2 fully saturated rings. The molecule has 1 aliphatic heterocycles. The van der Waals surface area contributed by atoms with Gasteiger partial charge in [0, 0.05) is 30.1 Å². The molecule has 0 spiro atoms. The van der Waals surface area contributed by atoms with Crippen molar-refractivity contribution >= 4 is 11.6 Å². The maximum absolute atomic E-state index is 15.0. The minimum atomic E-state index is -4.70. The van der Waals surface area contributed by atoms with E-state index in [0.29, 0.717) is 17.2 Å². The van der Waals surface area contributed by atoms with Gasteiger partial charge in [0.1, 0.15) is 12.3 Å². The number of ether oxygens (including phenoxy) is 2. The number of aliphatic hydroxyl groups is 1. The highest BCUT2D eigenvalue weighted by molar-refractivity contribution is 6.04. The zero-order valence-electron chi connectivity index (χ0n) is 20.7. The van der Waals surface area contributed by atoms with Gasteiger partial charge in [0.25, 0.3) is 11.8 Å². The number of aliphatic hydroxyl groups excluding tert-OH is 1. The maximum atomic E-state index is 15.0. The quantitative estimate of drug-likeness (QED) is 0.403. The third-order valence-corrected chi connectivity index (χ3v) is 7.19. The van der Waals surface area contributed by atoms with Gasteiger partial charge in [-0.1, -0.05) is 6.07 Å². The Bertz CT molecular complexity index is 1410. The topological polar surface area (TPSA) is 93.6 Å². The van der Waals surface area contributed by atoms with Gasteiger partial charge in [0.15, 0.2) is 0 Å². The Morgan fingerprint density at radius 3 is 2.72 bits per heavy atom. The van der Waals surface area contributed by atoms with Gasteiger partial charge < -0.3 is 19.9 Å². The Labute approximate surface area is 220 Å². The zero-order chi connectivity index (χ0) is 28.0. The SMILES string of the molecule is Cc1ccc(NC(=O)c2ccnc(C(F)(F)F)c2)cc1-c1cc(OCCO)nc([C@@]23CCOC[C@@H]2C3(F)F)c1. The molecule has 7 nitrogen and oxygen atoms in total. The van der Waals surface area contributed by atoms with E-state index in [-0.39, 0.29) is 55.7 Å². The van der Waals surface area contributed by atoms with Crippen molar-refractivity contribution in [3.05, 3.63) is 71.2 Å². The number of alkyl halides is 5. The molecular formula is C27H24F5N3O4. The first-order chi connectivity index (χ1) is 18.5. The fourth-order valence-electron chi connectivity index (χ4n) is 5.09. The first-order valence-electron chi connectivity index (χ1n) is 12.1. The van der Waals surface area contributed by atoms with Crippen LogP contribution in [0, 0.1) is 12.8 Å². The Kier molecular flexibility index (Phi) is 6.79. The minimum Gasteiger partial charge on any atom is -0.475 e. The van der Waals surface area contributed by atoms with E-state index in [1.54, 1.807) is 37.3 Å². The van der Waals surface area contributed by atoms with Crippen LogP contribution in [-0.2, 0) is 16.3 Å². The van der Waals surface area contributed by atoms with E-state index in [0.717, 1.165) is 11.8 Å². The van der Waals surface area contributed by atoms with Crippen LogP contribution in [0.2, 0.25) is 0 Å². The normalized spacial score (nSPS) is 21.7. The third kappa shape index (κ3) is 4.82. The number of aromatic nitrogens is 2. The van der Waals surface area contributed by atoms with Gasteiger partial charge in [-0.15, -0.1) is 0 Å². The van der Waals surface area contributed by atoms with Gasteiger partial charge in [0.05, 0.1) is 30.2 Å². The van der Waals surface area contributed by atoms with Crippen LogP contribution in [0.4, 0.5) is 27.6 Å². The largest absolute Gasteiger partial charge is 0.475 e. The molecule has 0 radical (unpaired) electrons. The van der Waals surface area contributed by atoms with Crippen LogP contribution in [0.25, 0.3) is 11.1 Å². The number of nitrogens with zero attached hydrogens (tertiary/aromatic N) is 2. The van der Waals surface area contributed by atoms with Gasteiger partial charge in [-0.05, 0) is 60.4 Å². The smallest absolute Gasteiger partial charge is 0.433 e. The van der Waals surface area contributed by atoms with Crippen LogP contribution in [0.15, 0.2) is 48.7 Å². The fourth-order valence-corrected chi connectivity index (χ4v) is 5.09. The van der Waals surface area contributed by atoms with Crippen molar-refractivity contribution in [2.45, 2.75) is 30.9 Å². The zero-order valence-corrected chi connectivity index (χ0v) is 20.7. The second kappa shape index (κ2) is 9.83. The lowest BCUT2D eigenvalue weighted by Crippen LogP contribution is -2.25. The van der Waals surface area contributed by atoms with E-state index >= 15 is 0 Å². The van der Waals surface area contributed by atoms with Crippen molar-refractivity contribution in [1.29, 1.82) is 0 Å². The molecule has 1 aromatic carbocycles. The molecular weight excluding hydrogens is 525 g/mol. The average molecular weight is 549 g/mol. The highest BCUT2D eigenvalue weighted by Gasteiger charge is 2.82. The van der Waals surface area contributed by atoms with Crippen molar-refractivity contribution in [3.63, 3.8) is 0 Å². The first-order valence-corrected chi connectivity index (χ1v) is 12.1. The maximum Gasteiger partial charge on any atom is 0.433 e. The summed E-state index contributed by atoms with van der Waals surface area (Å²) in [7, 11) is 0. The lowest BCUT2D eigenvalue weighted by atomic mass is 9.90. The summed E-state index contributed by atoms with van der Waals surface area (Å²) in [5, 5.41) is 11.8. The van der Waals surface area contributed by atoms with Crippen molar-refractivity contribution in [3.8, 4) is 17.0 Å². The molecule has 206 valence electrons. The molecule has 2 atom stereocenters. The fraction of sp³-hybridized carbons (Fsp3) is 0.370. The molecule has 0 bridgehead atoms. The molecule has 2 aromatic heterocycles. The number of fused-ring (bicyclic) bond motifs is 1. The molecule has 2 N–H and O–H groups in total. The van der Waals surface area contributed by atoms with Gasteiger partial charge in [0.2, 0.25) is 5.88 Å². The number of hydrogen-bond donors (Lipinski definition) is 2. The molecule has 1 amide bonds. The van der Waals surface area contributed by atoms with Crippen LogP contribution in [0.3, 0.4) is 0 Å². The second-order valence-corrected chi connectivity index (χ2v) is 9.53. The number of anilines is 1.